The van der Waals surface area contributed by atoms with Crippen LogP contribution in [0.3, 0.4) is 0 Å². The summed E-state index contributed by atoms with van der Waals surface area (Å²) in [6.45, 7) is 4.68. The maximum atomic E-state index is 12.6. The molecule has 3 amide bonds. The minimum atomic E-state index is -1.11. The van der Waals surface area contributed by atoms with Crippen molar-refractivity contribution < 1.29 is 23.9 Å². The number of nitrogens with zero attached hydrogens (tertiary/aromatic N) is 1. The molecule has 1 aliphatic carbocycles. The summed E-state index contributed by atoms with van der Waals surface area (Å²) in [7, 11) is 0. The first-order chi connectivity index (χ1) is 13.7. The summed E-state index contributed by atoms with van der Waals surface area (Å²) in [5.41, 5.74) is 1.32. The minimum Gasteiger partial charge on any atom is -0.451 e. The molecule has 7 nitrogen and oxygen atoms in total. The molecular formula is C21H23ClN2O5. The van der Waals surface area contributed by atoms with Crippen LogP contribution in [0.25, 0.3) is 0 Å². The third kappa shape index (κ3) is 4.19. The van der Waals surface area contributed by atoms with Crippen LogP contribution in [-0.4, -0.2) is 40.7 Å². The Labute approximate surface area is 174 Å². The number of nitrogens with one attached hydrogen (secondary N) is 1. The molecule has 154 valence electrons. The minimum absolute atomic E-state index is 0.361. The normalized spacial score (nSPS) is 22.8. The van der Waals surface area contributed by atoms with Gasteiger partial charge in [0.2, 0.25) is 11.8 Å². The Hall–Kier alpha value is -2.67. The largest absolute Gasteiger partial charge is 0.451 e. The molecule has 2 aliphatic rings. The van der Waals surface area contributed by atoms with Gasteiger partial charge in [-0.1, -0.05) is 29.8 Å². The van der Waals surface area contributed by atoms with Crippen LogP contribution in [0.5, 0.6) is 0 Å². The van der Waals surface area contributed by atoms with Crippen molar-refractivity contribution in [3.8, 4) is 0 Å². The third-order valence-corrected chi connectivity index (χ3v) is 5.62. The van der Waals surface area contributed by atoms with E-state index in [1.54, 1.807) is 18.2 Å². The van der Waals surface area contributed by atoms with Gasteiger partial charge in [0.1, 0.15) is 6.04 Å². The highest BCUT2D eigenvalue weighted by atomic mass is 35.5. The highest BCUT2D eigenvalue weighted by Gasteiger charge is 2.50. The van der Waals surface area contributed by atoms with E-state index in [2.05, 4.69) is 5.32 Å². The van der Waals surface area contributed by atoms with Gasteiger partial charge >= 0.3 is 5.97 Å². The molecule has 1 fully saturated rings. The van der Waals surface area contributed by atoms with Gasteiger partial charge in [-0.15, -0.1) is 0 Å². The van der Waals surface area contributed by atoms with Crippen molar-refractivity contribution in [2.24, 2.45) is 11.8 Å². The van der Waals surface area contributed by atoms with Crippen molar-refractivity contribution in [3.05, 3.63) is 40.9 Å². The molecule has 0 radical (unpaired) electrons. The Balaban J connectivity index is 1.63. The van der Waals surface area contributed by atoms with E-state index in [-0.39, 0.29) is 11.8 Å². The van der Waals surface area contributed by atoms with Crippen molar-refractivity contribution in [1.29, 1.82) is 0 Å². The van der Waals surface area contributed by atoms with Crippen LogP contribution in [0.2, 0.25) is 5.02 Å². The van der Waals surface area contributed by atoms with E-state index in [0.29, 0.717) is 23.6 Å². The highest BCUT2D eigenvalue weighted by molar-refractivity contribution is 6.31. The molecule has 29 heavy (non-hydrogen) atoms. The van der Waals surface area contributed by atoms with Crippen LogP contribution in [0.15, 0.2) is 30.4 Å². The van der Waals surface area contributed by atoms with Crippen molar-refractivity contribution in [1.82, 2.24) is 4.90 Å². The molecule has 0 bridgehead atoms. The predicted octanol–water partition coefficient (Wildman–Crippen LogP) is 2.86. The van der Waals surface area contributed by atoms with E-state index in [1.807, 2.05) is 19.1 Å². The first kappa shape index (κ1) is 21.0. The first-order valence-electron chi connectivity index (χ1n) is 9.50. The van der Waals surface area contributed by atoms with Gasteiger partial charge in [0.05, 0.1) is 11.8 Å². The summed E-state index contributed by atoms with van der Waals surface area (Å²) >= 11 is 5.95. The van der Waals surface area contributed by atoms with Gasteiger partial charge < -0.3 is 10.1 Å². The number of halogens is 1. The van der Waals surface area contributed by atoms with Gasteiger partial charge in [-0.3, -0.25) is 19.3 Å². The molecule has 1 aliphatic heterocycles. The second-order valence-electron chi connectivity index (χ2n) is 7.41. The van der Waals surface area contributed by atoms with Gasteiger partial charge in [-0.2, -0.15) is 0 Å². The summed E-state index contributed by atoms with van der Waals surface area (Å²) in [5.74, 6) is -2.90. The Morgan fingerprint density at radius 3 is 2.31 bits per heavy atom. The average molecular weight is 419 g/mol. The highest BCUT2D eigenvalue weighted by Crippen LogP contribution is 2.36. The van der Waals surface area contributed by atoms with E-state index in [9.17, 15) is 19.2 Å². The topological polar surface area (TPSA) is 92.8 Å². The van der Waals surface area contributed by atoms with Gasteiger partial charge in [0.25, 0.3) is 5.91 Å². The summed E-state index contributed by atoms with van der Waals surface area (Å²) in [4.78, 5) is 51.1. The zero-order chi connectivity index (χ0) is 21.3. The number of likely N-dealkylation sites (tertiary alicyclic amines) is 1. The predicted molar refractivity (Wildman–Crippen MR) is 107 cm³/mol. The maximum absolute atomic E-state index is 12.6. The third-order valence-electron chi connectivity index (χ3n) is 5.39. The van der Waals surface area contributed by atoms with Crippen LogP contribution in [-0.2, 0) is 23.9 Å². The fourth-order valence-corrected chi connectivity index (χ4v) is 3.77. The van der Waals surface area contributed by atoms with Gasteiger partial charge in [-0.25, -0.2) is 4.79 Å². The number of esters is 1. The van der Waals surface area contributed by atoms with Gasteiger partial charge in [0, 0.05) is 10.7 Å². The molecule has 0 spiro atoms. The number of fused-ring (bicyclic) bond motifs is 1. The number of rotatable bonds is 5. The number of anilines is 1. The number of ether oxygens (including phenoxy) is 1. The fourth-order valence-electron chi connectivity index (χ4n) is 3.60. The van der Waals surface area contributed by atoms with Gasteiger partial charge in [-0.05, 0) is 51.3 Å². The molecule has 0 aromatic heterocycles. The van der Waals surface area contributed by atoms with Crippen molar-refractivity contribution in [2.75, 3.05) is 5.32 Å². The molecular weight excluding hydrogens is 396 g/mol. The zero-order valence-electron chi connectivity index (χ0n) is 16.5. The number of amides is 3. The smallest absolute Gasteiger partial charge is 0.329 e. The van der Waals surface area contributed by atoms with Crippen LogP contribution in [0, 0.1) is 18.8 Å². The number of aryl methyl sites for hydroxylation is 1. The number of hydrogen-bond acceptors (Lipinski definition) is 5. The van der Waals surface area contributed by atoms with E-state index in [1.165, 1.54) is 13.8 Å². The summed E-state index contributed by atoms with van der Waals surface area (Å²) in [6, 6.07) is 3.97. The number of benzene rings is 1. The number of allylic oxidation sites excluding steroid dienone is 2. The maximum Gasteiger partial charge on any atom is 0.329 e. The average Bonchev–Trinajstić information content (AvgIpc) is 2.94. The van der Waals surface area contributed by atoms with Crippen LogP contribution in [0.4, 0.5) is 5.69 Å². The number of carbonyl (C=O) groups excluding carboxylic acids is 4. The lowest BCUT2D eigenvalue weighted by atomic mass is 9.85. The monoisotopic (exact) mass is 418 g/mol. The molecule has 0 saturated carbocycles. The number of imide groups is 1. The molecule has 4 atom stereocenters. The van der Waals surface area contributed by atoms with Crippen molar-refractivity contribution in [3.63, 3.8) is 0 Å². The fraction of sp³-hybridized carbons (Fsp3) is 0.429. The van der Waals surface area contributed by atoms with E-state index in [4.69, 9.17) is 16.3 Å². The first-order valence-corrected chi connectivity index (χ1v) is 9.88. The second kappa shape index (κ2) is 8.37. The van der Waals surface area contributed by atoms with Crippen LogP contribution < -0.4 is 5.32 Å². The van der Waals surface area contributed by atoms with Crippen molar-refractivity contribution in [2.45, 2.75) is 45.8 Å². The van der Waals surface area contributed by atoms with Gasteiger partial charge in [0.15, 0.2) is 6.10 Å². The lowest BCUT2D eigenvalue weighted by Gasteiger charge is -2.23. The molecule has 3 rings (SSSR count). The number of hydrogen-bond donors (Lipinski definition) is 1. The lowest BCUT2D eigenvalue weighted by molar-refractivity contribution is -0.163. The SMILES string of the molecule is Cc1ccc(Cl)cc1NC(=O)[C@H](C)OC(=O)[C@H](C)N1C(=O)[C@H]2CC=CC[C@H]2C1=O. The van der Waals surface area contributed by atoms with Crippen LogP contribution >= 0.6 is 11.6 Å². The Kier molecular flexibility index (Phi) is 6.07. The van der Waals surface area contributed by atoms with E-state index < -0.39 is 35.9 Å². The summed E-state index contributed by atoms with van der Waals surface area (Å²) in [5, 5.41) is 3.13. The standard InChI is InChI=1S/C21H23ClN2O5/c1-11-8-9-14(22)10-17(11)23-18(25)13(3)29-21(28)12(2)24-19(26)15-6-4-5-7-16(15)20(24)27/h4-5,8-10,12-13,15-16H,6-7H2,1-3H3,(H,23,25)/t12-,13-,15-,16+/m0/s1. The Morgan fingerprint density at radius 2 is 1.72 bits per heavy atom. The van der Waals surface area contributed by atoms with E-state index in [0.717, 1.165) is 10.5 Å². The summed E-state index contributed by atoms with van der Waals surface area (Å²) in [6.07, 6.45) is 3.63. The number of carbonyl (C=O) groups is 4. The second-order valence-corrected chi connectivity index (χ2v) is 7.84. The van der Waals surface area contributed by atoms with Crippen LogP contribution in [0.1, 0.15) is 32.3 Å². The van der Waals surface area contributed by atoms with E-state index >= 15 is 0 Å². The molecule has 1 aromatic rings. The summed E-state index contributed by atoms with van der Waals surface area (Å²) < 4.78 is 5.23. The molecule has 0 unspecified atom stereocenters. The molecule has 1 heterocycles. The Morgan fingerprint density at radius 1 is 1.14 bits per heavy atom. The molecule has 1 N–H and O–H groups in total. The Bertz CT molecular complexity index is 871. The molecule has 1 aromatic carbocycles. The zero-order valence-corrected chi connectivity index (χ0v) is 17.2. The molecule has 8 heteroatoms. The lowest BCUT2D eigenvalue weighted by Crippen LogP contribution is -2.46. The quantitative estimate of drug-likeness (QED) is 0.451. The molecule has 1 saturated heterocycles. The van der Waals surface area contributed by atoms with Crippen molar-refractivity contribution >= 4 is 41.0 Å².